The van der Waals surface area contributed by atoms with Gasteiger partial charge in [0.25, 0.3) is 0 Å². The maximum absolute atomic E-state index is 11.9. The van der Waals surface area contributed by atoms with Gasteiger partial charge in [0.05, 0.1) is 49.2 Å². The van der Waals surface area contributed by atoms with Gasteiger partial charge >= 0.3 is 23.9 Å². The first-order valence-electron chi connectivity index (χ1n) is 30.3. The van der Waals surface area contributed by atoms with Crippen molar-refractivity contribution in [1.29, 1.82) is 0 Å². The number of hydrogen-bond donors (Lipinski definition) is 2. The highest BCUT2D eigenvalue weighted by Crippen LogP contribution is 2.23. The summed E-state index contributed by atoms with van der Waals surface area (Å²) < 4.78 is 34.2. The number of benzene rings is 7. The van der Waals surface area contributed by atoms with E-state index in [1.807, 2.05) is 54.6 Å². The van der Waals surface area contributed by atoms with Crippen LogP contribution in [0.1, 0.15) is 141 Å². The monoisotopic (exact) mass is 1170 g/mol. The standard InChI is InChI=1S/C36H39NO6.C36H47NO6/c38-35(39)31-16-14-29(15-17-31)27-37(24-26-42-33-20-18-32(19-21-33)36(40)41)23-22-30-12-6-7-13-34(30)43-25-8-2-5-11-28-9-3-1-4-10-28;1-4-6-7-8-9-12-26-43-34-14-11-10-13-30(34)23-24-37(28-29-15-17-31(18-16-29)35(38)40-3)25-27-42-33-21-19-32(20-22-33)36(39)41-5-2/h1,3-4,6-7,9-10,12-21H,2,5,8,11,22-27H2,(H,38,39)(H,40,41);10-11,13-22H,4-9,12,23-28H2,1-3H3. The topological polar surface area (TPSA) is 171 Å². The minimum atomic E-state index is -0.973. The normalized spacial score (nSPS) is 10.9. The van der Waals surface area contributed by atoms with Gasteiger partial charge in [-0.05, 0) is 165 Å². The molecule has 0 aliphatic heterocycles. The highest BCUT2D eigenvalue weighted by molar-refractivity contribution is 5.90. The second-order valence-electron chi connectivity index (χ2n) is 21.0. The Kier molecular flexibility index (Phi) is 29.8. The van der Waals surface area contributed by atoms with E-state index in [-0.39, 0.29) is 23.1 Å². The van der Waals surface area contributed by atoms with Crippen LogP contribution in [0.15, 0.2) is 176 Å². The third-order valence-corrected chi connectivity index (χ3v) is 14.5. The number of para-hydroxylation sites is 2. The van der Waals surface area contributed by atoms with E-state index in [2.05, 4.69) is 65.3 Å². The minimum Gasteiger partial charge on any atom is -0.493 e. The van der Waals surface area contributed by atoms with Crippen molar-refractivity contribution in [2.24, 2.45) is 0 Å². The summed E-state index contributed by atoms with van der Waals surface area (Å²) in [5.74, 6) is 0.570. The van der Waals surface area contributed by atoms with Crippen molar-refractivity contribution in [3.05, 3.63) is 226 Å². The van der Waals surface area contributed by atoms with Gasteiger partial charge < -0.3 is 38.6 Å². The van der Waals surface area contributed by atoms with Crippen molar-refractivity contribution in [3.8, 4) is 23.0 Å². The zero-order chi connectivity index (χ0) is 61.0. The minimum absolute atomic E-state index is 0.215. The lowest BCUT2D eigenvalue weighted by Gasteiger charge is -2.23. The summed E-state index contributed by atoms with van der Waals surface area (Å²) >= 11 is 0. The van der Waals surface area contributed by atoms with Gasteiger partial charge in [0.2, 0.25) is 0 Å². The van der Waals surface area contributed by atoms with Gasteiger partial charge in [-0.25, -0.2) is 19.2 Å². The molecule has 0 bridgehead atoms. The Bertz CT molecular complexity index is 3060. The van der Waals surface area contributed by atoms with Crippen LogP contribution in [0, 0.1) is 0 Å². The van der Waals surface area contributed by atoms with E-state index in [9.17, 15) is 24.3 Å². The van der Waals surface area contributed by atoms with Gasteiger partial charge in [0.1, 0.15) is 36.2 Å². The van der Waals surface area contributed by atoms with Crippen molar-refractivity contribution >= 4 is 23.9 Å². The number of methoxy groups -OCH3 is 1. The molecule has 14 heteroatoms. The van der Waals surface area contributed by atoms with E-state index >= 15 is 0 Å². The first-order valence-corrected chi connectivity index (χ1v) is 30.3. The van der Waals surface area contributed by atoms with Crippen LogP contribution in [0.3, 0.4) is 0 Å². The number of rotatable bonds is 38. The number of carboxylic acid groups (broad SMARTS) is 2. The molecule has 0 fully saturated rings. The Hall–Kier alpha value is -8.46. The Balaban J connectivity index is 0.000000275. The fourth-order valence-electron chi connectivity index (χ4n) is 9.61. The second kappa shape index (κ2) is 38.5. The number of ether oxygens (including phenoxy) is 6. The molecule has 456 valence electrons. The molecule has 0 saturated carbocycles. The molecule has 0 unspecified atom stereocenters. The molecule has 0 aliphatic carbocycles. The lowest BCUT2D eigenvalue weighted by Crippen LogP contribution is -2.30. The van der Waals surface area contributed by atoms with Gasteiger partial charge in [-0.15, -0.1) is 0 Å². The number of aryl methyl sites for hydroxylation is 1. The van der Waals surface area contributed by atoms with E-state index in [0.29, 0.717) is 75.2 Å². The Morgan fingerprint density at radius 2 is 0.802 bits per heavy atom. The first-order chi connectivity index (χ1) is 42.0. The summed E-state index contributed by atoms with van der Waals surface area (Å²) in [6.45, 7) is 10.9. The predicted octanol–water partition coefficient (Wildman–Crippen LogP) is 14.5. The zero-order valence-electron chi connectivity index (χ0n) is 50.4. The number of carbonyl (C=O) groups is 4. The van der Waals surface area contributed by atoms with Crippen LogP contribution >= 0.6 is 0 Å². The zero-order valence-corrected chi connectivity index (χ0v) is 50.4. The van der Waals surface area contributed by atoms with Crippen molar-refractivity contribution in [3.63, 3.8) is 0 Å². The van der Waals surface area contributed by atoms with Crippen molar-refractivity contribution in [2.75, 3.05) is 66.3 Å². The number of aromatic carboxylic acids is 2. The van der Waals surface area contributed by atoms with Crippen LogP contribution < -0.4 is 18.9 Å². The first kappa shape index (κ1) is 66.7. The molecular formula is C72H86N2O12. The van der Waals surface area contributed by atoms with E-state index in [0.717, 1.165) is 92.8 Å². The van der Waals surface area contributed by atoms with Crippen LogP contribution in [0.5, 0.6) is 23.0 Å². The Morgan fingerprint density at radius 1 is 0.384 bits per heavy atom. The highest BCUT2D eigenvalue weighted by atomic mass is 16.5. The summed E-state index contributed by atoms with van der Waals surface area (Å²) in [5, 5.41) is 18.4. The van der Waals surface area contributed by atoms with Gasteiger partial charge in [-0.2, -0.15) is 0 Å². The average molecular weight is 1170 g/mol. The number of carboxylic acids is 2. The molecule has 86 heavy (non-hydrogen) atoms. The van der Waals surface area contributed by atoms with Gasteiger partial charge in [0.15, 0.2) is 0 Å². The number of nitrogens with zero attached hydrogens (tertiary/aromatic N) is 2. The molecule has 0 aliphatic rings. The molecule has 0 atom stereocenters. The Labute approximate surface area is 508 Å². The summed E-state index contributed by atoms with van der Waals surface area (Å²) in [6, 6.07) is 54.9. The van der Waals surface area contributed by atoms with Crippen LogP contribution in [-0.4, -0.2) is 110 Å². The molecule has 0 heterocycles. The molecule has 0 spiro atoms. The second-order valence-corrected chi connectivity index (χ2v) is 21.0. The number of unbranched alkanes of at least 4 members (excludes halogenated alkanes) is 7. The number of esters is 2. The maximum atomic E-state index is 11.9. The summed E-state index contributed by atoms with van der Waals surface area (Å²) in [5.41, 5.74) is 7.32. The van der Waals surface area contributed by atoms with E-state index < -0.39 is 11.9 Å². The van der Waals surface area contributed by atoms with Crippen LogP contribution in [0.25, 0.3) is 0 Å². The van der Waals surface area contributed by atoms with Gasteiger partial charge in [-0.1, -0.05) is 130 Å². The number of hydrogen-bond acceptors (Lipinski definition) is 12. The SMILES string of the molecule is CCCCCCCCOc1ccccc1CCN(CCOc1ccc(C(=O)OCC)cc1)Cc1ccc(C(=O)OC)cc1.O=C(O)c1ccc(CN(CCOc2ccc(C(=O)O)cc2)CCc2ccccc2OCCCCCc2ccccc2)cc1. The fraction of sp³-hybridized carbons (Fsp3) is 0.361. The summed E-state index contributed by atoms with van der Waals surface area (Å²) in [6.07, 6.45) is 13.4. The number of carbonyl (C=O) groups excluding carboxylic acids is 2. The lowest BCUT2D eigenvalue weighted by molar-refractivity contribution is 0.0524. The quantitative estimate of drug-likeness (QED) is 0.0277. The smallest absolute Gasteiger partial charge is 0.338 e. The van der Waals surface area contributed by atoms with Gasteiger partial charge in [-0.3, -0.25) is 9.80 Å². The van der Waals surface area contributed by atoms with Gasteiger partial charge in [0, 0.05) is 39.3 Å². The molecule has 7 rings (SSSR count). The summed E-state index contributed by atoms with van der Waals surface area (Å²) in [4.78, 5) is 50.8. The molecule has 2 N–H and O–H groups in total. The molecule has 0 radical (unpaired) electrons. The maximum Gasteiger partial charge on any atom is 0.338 e. The largest absolute Gasteiger partial charge is 0.493 e. The summed E-state index contributed by atoms with van der Waals surface area (Å²) in [7, 11) is 1.39. The third kappa shape index (κ3) is 24.6. The van der Waals surface area contributed by atoms with E-state index in [4.69, 9.17) is 33.5 Å². The Morgan fingerprint density at radius 3 is 1.28 bits per heavy atom. The van der Waals surface area contributed by atoms with Crippen LogP contribution in [0.2, 0.25) is 0 Å². The fourth-order valence-corrected chi connectivity index (χ4v) is 9.61. The molecule has 0 aromatic heterocycles. The van der Waals surface area contributed by atoms with E-state index in [1.54, 1.807) is 67.6 Å². The van der Waals surface area contributed by atoms with Crippen LogP contribution in [0.4, 0.5) is 0 Å². The van der Waals surface area contributed by atoms with Crippen molar-refractivity contribution < 1.29 is 57.8 Å². The molecule has 0 saturated heterocycles. The van der Waals surface area contributed by atoms with Crippen molar-refractivity contribution in [1.82, 2.24) is 9.80 Å². The van der Waals surface area contributed by atoms with Crippen LogP contribution in [-0.2, 0) is 41.8 Å². The predicted molar refractivity (Wildman–Crippen MR) is 337 cm³/mol. The highest BCUT2D eigenvalue weighted by Gasteiger charge is 2.15. The lowest BCUT2D eigenvalue weighted by atomic mass is 10.1. The third-order valence-electron chi connectivity index (χ3n) is 14.5. The molecule has 7 aromatic carbocycles. The average Bonchev–Trinajstić information content (AvgIpc) is 3.65. The molecule has 0 amide bonds. The van der Waals surface area contributed by atoms with Crippen molar-refractivity contribution in [2.45, 2.75) is 104 Å². The molecule has 14 nitrogen and oxygen atoms in total. The van der Waals surface area contributed by atoms with E-state index in [1.165, 1.54) is 62.5 Å². The molecule has 7 aromatic rings. The molecular weight excluding hydrogens is 1080 g/mol.